The monoisotopic (exact) mass is 399 g/mol. The van der Waals surface area contributed by atoms with E-state index in [1.165, 1.54) is 0 Å². The van der Waals surface area contributed by atoms with Gasteiger partial charge in [0.2, 0.25) is 0 Å². The summed E-state index contributed by atoms with van der Waals surface area (Å²) in [5, 5.41) is 3.63. The molecule has 1 amide bonds. The summed E-state index contributed by atoms with van der Waals surface area (Å²) >= 11 is 5.91. The van der Waals surface area contributed by atoms with Crippen LogP contribution in [0.1, 0.15) is 17.8 Å². The van der Waals surface area contributed by atoms with E-state index in [1.807, 2.05) is 6.92 Å². The highest BCUT2D eigenvalue weighted by Gasteiger charge is 2.11. The Morgan fingerprint density at radius 2 is 2.00 bits per heavy atom. The van der Waals surface area contributed by atoms with E-state index in [2.05, 4.69) is 15.3 Å². The van der Waals surface area contributed by atoms with Gasteiger partial charge in [0.1, 0.15) is 5.82 Å². The second-order valence-electron chi connectivity index (χ2n) is 6.20. The summed E-state index contributed by atoms with van der Waals surface area (Å²) in [5.41, 5.74) is 1.71. The lowest BCUT2D eigenvalue weighted by Gasteiger charge is -2.09. The summed E-state index contributed by atoms with van der Waals surface area (Å²) < 4.78 is 4.98. The first kappa shape index (κ1) is 19.6. The Labute approximate surface area is 165 Å². The van der Waals surface area contributed by atoms with Crippen molar-refractivity contribution in [3.8, 4) is 0 Å². The van der Waals surface area contributed by atoms with Gasteiger partial charge in [-0.25, -0.2) is 4.98 Å². The van der Waals surface area contributed by atoms with E-state index in [0.717, 1.165) is 5.56 Å². The smallest absolute Gasteiger partial charge is 0.306 e. The molecule has 1 aromatic heterocycles. The average molecular weight is 400 g/mol. The summed E-state index contributed by atoms with van der Waals surface area (Å²) in [6.45, 7) is 1.42. The molecule has 0 saturated heterocycles. The van der Waals surface area contributed by atoms with Crippen LogP contribution in [0, 0.1) is 6.92 Å². The predicted octanol–water partition coefficient (Wildman–Crippen LogP) is 3.00. The van der Waals surface area contributed by atoms with Gasteiger partial charge >= 0.3 is 5.97 Å². The van der Waals surface area contributed by atoms with Crippen LogP contribution in [-0.4, -0.2) is 28.5 Å². The first-order chi connectivity index (χ1) is 13.4. The van der Waals surface area contributed by atoms with Gasteiger partial charge in [0.25, 0.3) is 11.5 Å². The summed E-state index contributed by atoms with van der Waals surface area (Å²) in [6.07, 6.45) is 0.193. The fraction of sp³-hybridized carbons (Fsp3) is 0.200. The zero-order valence-electron chi connectivity index (χ0n) is 15.1. The zero-order valence-corrected chi connectivity index (χ0v) is 15.9. The molecule has 0 radical (unpaired) electrons. The maximum Gasteiger partial charge on any atom is 0.306 e. The Morgan fingerprint density at radius 1 is 1.21 bits per heavy atom. The minimum absolute atomic E-state index is 0.00917. The molecule has 0 atom stereocenters. The molecule has 2 aromatic carbocycles. The van der Waals surface area contributed by atoms with Crippen molar-refractivity contribution in [2.75, 3.05) is 11.9 Å². The van der Waals surface area contributed by atoms with Gasteiger partial charge in [0.05, 0.1) is 17.3 Å². The number of esters is 1. The lowest BCUT2D eigenvalue weighted by Crippen LogP contribution is -2.21. The first-order valence-electron chi connectivity index (χ1n) is 8.62. The molecule has 3 rings (SSSR count). The van der Waals surface area contributed by atoms with Gasteiger partial charge in [-0.15, -0.1) is 0 Å². The summed E-state index contributed by atoms with van der Waals surface area (Å²) in [7, 11) is 0. The van der Waals surface area contributed by atoms with Gasteiger partial charge in [0, 0.05) is 17.1 Å². The number of aromatic amines is 1. The maximum atomic E-state index is 12.0. The summed E-state index contributed by atoms with van der Waals surface area (Å²) in [4.78, 5) is 42.8. The Morgan fingerprint density at radius 3 is 2.82 bits per heavy atom. The van der Waals surface area contributed by atoms with E-state index >= 15 is 0 Å². The number of benzene rings is 2. The number of carbonyl (C=O) groups excluding carboxylic acids is 2. The molecule has 0 unspecified atom stereocenters. The third-order valence-electron chi connectivity index (χ3n) is 4.07. The topological polar surface area (TPSA) is 101 Å². The van der Waals surface area contributed by atoms with Crippen LogP contribution in [0.2, 0.25) is 5.02 Å². The largest absolute Gasteiger partial charge is 0.456 e. The van der Waals surface area contributed by atoms with Crippen molar-refractivity contribution >= 4 is 40.1 Å². The zero-order chi connectivity index (χ0) is 20.1. The number of ether oxygens (including phenoxy) is 1. The predicted molar refractivity (Wildman–Crippen MR) is 106 cm³/mol. The van der Waals surface area contributed by atoms with E-state index in [0.29, 0.717) is 27.4 Å². The second-order valence-corrected chi connectivity index (χ2v) is 6.63. The molecule has 7 nitrogen and oxygen atoms in total. The molecular weight excluding hydrogens is 382 g/mol. The molecule has 144 valence electrons. The molecule has 0 aliphatic carbocycles. The van der Waals surface area contributed by atoms with Crippen molar-refractivity contribution in [1.82, 2.24) is 9.97 Å². The number of amides is 1. The SMILES string of the molecule is Cc1ccc(Cl)cc1NC(=O)COC(=O)CCc1nc2ccccc2c(=O)[nH]1. The Hall–Kier alpha value is -3.19. The molecule has 28 heavy (non-hydrogen) atoms. The number of H-pyrrole nitrogens is 1. The van der Waals surface area contributed by atoms with E-state index < -0.39 is 18.5 Å². The van der Waals surface area contributed by atoms with Crippen molar-refractivity contribution < 1.29 is 14.3 Å². The molecule has 0 aliphatic heterocycles. The van der Waals surface area contributed by atoms with Crippen LogP contribution in [0.3, 0.4) is 0 Å². The fourth-order valence-electron chi connectivity index (χ4n) is 2.61. The van der Waals surface area contributed by atoms with Gasteiger partial charge < -0.3 is 15.0 Å². The number of fused-ring (bicyclic) bond motifs is 1. The quantitative estimate of drug-likeness (QED) is 0.620. The molecular formula is C20H18ClN3O4. The number of aromatic nitrogens is 2. The van der Waals surface area contributed by atoms with Crippen molar-refractivity contribution in [1.29, 1.82) is 0 Å². The van der Waals surface area contributed by atoms with Crippen molar-refractivity contribution in [3.63, 3.8) is 0 Å². The Balaban J connectivity index is 1.51. The fourth-order valence-corrected chi connectivity index (χ4v) is 2.78. The van der Waals surface area contributed by atoms with Gasteiger partial charge in [-0.1, -0.05) is 29.8 Å². The summed E-state index contributed by atoms with van der Waals surface area (Å²) in [5.74, 6) is -0.635. The van der Waals surface area contributed by atoms with Crippen LogP contribution < -0.4 is 10.9 Å². The van der Waals surface area contributed by atoms with Crippen LogP contribution in [0.4, 0.5) is 5.69 Å². The molecule has 0 spiro atoms. The third kappa shape index (κ3) is 4.95. The van der Waals surface area contributed by atoms with Crippen molar-refractivity contribution in [2.24, 2.45) is 0 Å². The number of halogens is 1. The van der Waals surface area contributed by atoms with Crippen molar-refractivity contribution in [3.05, 3.63) is 69.2 Å². The van der Waals surface area contributed by atoms with E-state index in [4.69, 9.17) is 16.3 Å². The van der Waals surface area contributed by atoms with Gasteiger partial charge in [0.15, 0.2) is 6.61 Å². The molecule has 0 fully saturated rings. The van der Waals surface area contributed by atoms with Crippen LogP contribution in [0.5, 0.6) is 0 Å². The van der Waals surface area contributed by atoms with Crippen LogP contribution in [0.25, 0.3) is 10.9 Å². The summed E-state index contributed by atoms with van der Waals surface area (Å²) in [6, 6.07) is 12.1. The number of carbonyl (C=O) groups is 2. The molecule has 0 saturated carbocycles. The molecule has 0 bridgehead atoms. The highest BCUT2D eigenvalue weighted by atomic mass is 35.5. The standard InChI is InChI=1S/C20H18ClN3O4/c1-12-6-7-13(21)10-16(12)23-18(25)11-28-19(26)9-8-17-22-15-5-3-2-4-14(15)20(27)24-17/h2-7,10H,8-9,11H2,1H3,(H,23,25)(H,22,24,27). The number of para-hydroxylation sites is 1. The molecule has 0 aliphatic rings. The average Bonchev–Trinajstić information content (AvgIpc) is 2.67. The number of hydrogen-bond donors (Lipinski definition) is 2. The van der Waals surface area contributed by atoms with E-state index in [9.17, 15) is 14.4 Å². The third-order valence-corrected chi connectivity index (χ3v) is 4.30. The van der Waals surface area contributed by atoms with Crippen LogP contribution in [-0.2, 0) is 20.7 Å². The number of rotatable bonds is 6. The minimum Gasteiger partial charge on any atom is -0.456 e. The molecule has 2 N–H and O–H groups in total. The number of nitrogens with zero attached hydrogens (tertiary/aromatic N) is 1. The van der Waals surface area contributed by atoms with Crippen LogP contribution in [0.15, 0.2) is 47.3 Å². The van der Waals surface area contributed by atoms with E-state index in [-0.39, 0.29) is 18.4 Å². The normalized spacial score (nSPS) is 10.6. The minimum atomic E-state index is -0.561. The van der Waals surface area contributed by atoms with Gasteiger partial charge in [-0.2, -0.15) is 0 Å². The number of aryl methyl sites for hydroxylation is 2. The molecule has 3 aromatic rings. The lowest BCUT2D eigenvalue weighted by molar-refractivity contribution is -0.147. The maximum absolute atomic E-state index is 12.0. The number of anilines is 1. The van der Waals surface area contributed by atoms with Crippen molar-refractivity contribution in [2.45, 2.75) is 19.8 Å². The van der Waals surface area contributed by atoms with Gasteiger partial charge in [-0.3, -0.25) is 14.4 Å². The highest BCUT2D eigenvalue weighted by molar-refractivity contribution is 6.31. The first-order valence-corrected chi connectivity index (χ1v) is 9.00. The molecule has 1 heterocycles. The Bertz CT molecular complexity index is 1090. The highest BCUT2D eigenvalue weighted by Crippen LogP contribution is 2.20. The van der Waals surface area contributed by atoms with E-state index in [1.54, 1.807) is 42.5 Å². The lowest BCUT2D eigenvalue weighted by atomic mass is 10.2. The Kier molecular flexibility index (Phi) is 6.06. The molecule has 8 heteroatoms. The number of hydrogen-bond acceptors (Lipinski definition) is 5. The number of nitrogens with one attached hydrogen (secondary N) is 2. The van der Waals surface area contributed by atoms with Crippen LogP contribution >= 0.6 is 11.6 Å². The second kappa shape index (κ2) is 8.67. The van der Waals surface area contributed by atoms with Gasteiger partial charge in [-0.05, 0) is 36.8 Å².